The standard InChI is InChI=1S/2K.H2O4S.H2O3S/c;;1-5(2,3)4;1-4(2)3/h;;(H2,1,2,3,4);(H2,1,2,3)/q2*+1;;/p-2. The molecule has 0 fully saturated rings. The van der Waals surface area contributed by atoms with Crippen molar-refractivity contribution >= 4 is 21.8 Å². The number of rotatable bonds is 0. The molecule has 0 saturated heterocycles. The summed E-state index contributed by atoms with van der Waals surface area (Å²) in [5.41, 5.74) is 0. The predicted octanol–water partition coefficient (Wildman–Crippen LogP) is -7.65. The molecule has 0 spiro atoms. The third-order valence-electron chi connectivity index (χ3n) is 0. The van der Waals surface area contributed by atoms with E-state index in [0.29, 0.717) is 0 Å². The summed E-state index contributed by atoms with van der Waals surface area (Å²) in [6, 6.07) is 0. The van der Waals surface area contributed by atoms with Crippen LogP contribution in [0.25, 0.3) is 0 Å². The van der Waals surface area contributed by atoms with Crippen molar-refractivity contribution in [3.63, 3.8) is 0 Å². The van der Waals surface area contributed by atoms with E-state index >= 15 is 0 Å². The van der Waals surface area contributed by atoms with Gasteiger partial charge in [0.25, 0.3) is 0 Å². The minimum atomic E-state index is -4.67. The SMILES string of the molecule is O=S(=O)(O)O.O=S([O-])[O-].[K+].[K+]. The van der Waals surface area contributed by atoms with Crippen LogP contribution in [-0.2, 0) is 21.8 Å². The van der Waals surface area contributed by atoms with Gasteiger partial charge in [-0.25, -0.2) is 0 Å². The summed E-state index contributed by atoms with van der Waals surface area (Å²) < 4.78 is 56.9. The second kappa shape index (κ2) is 13.2. The molecule has 2 N–H and O–H groups in total. The van der Waals surface area contributed by atoms with Crippen LogP contribution in [0.1, 0.15) is 0 Å². The van der Waals surface area contributed by atoms with Gasteiger partial charge in [0.15, 0.2) is 0 Å². The first-order valence-electron chi connectivity index (χ1n) is 1.20. The van der Waals surface area contributed by atoms with Gasteiger partial charge < -0.3 is 9.11 Å². The molecule has 0 aliphatic rings. The van der Waals surface area contributed by atoms with Gasteiger partial charge in [0.1, 0.15) is 0 Å². The van der Waals surface area contributed by atoms with Crippen molar-refractivity contribution in [1.29, 1.82) is 0 Å². The number of hydrogen-bond acceptors (Lipinski definition) is 5. The van der Waals surface area contributed by atoms with Crippen molar-refractivity contribution in [2.45, 2.75) is 0 Å². The smallest absolute Gasteiger partial charge is 0.784 e. The molecule has 0 heterocycles. The second-order valence-electron chi connectivity index (χ2n) is 0.652. The Balaban J connectivity index is -0.0000000383. The Morgan fingerprint density at radius 3 is 1.09 bits per heavy atom. The largest absolute Gasteiger partial charge is 1.00 e. The Morgan fingerprint density at radius 2 is 1.09 bits per heavy atom. The van der Waals surface area contributed by atoms with Crippen molar-refractivity contribution in [3.8, 4) is 0 Å². The summed E-state index contributed by atoms with van der Waals surface area (Å²) in [4.78, 5) is 0. The topological polar surface area (TPSA) is 138 Å². The van der Waals surface area contributed by atoms with E-state index in [2.05, 4.69) is 0 Å². The summed E-state index contributed by atoms with van der Waals surface area (Å²) in [6.07, 6.45) is 0. The van der Waals surface area contributed by atoms with Gasteiger partial charge in [-0.1, -0.05) is 0 Å². The van der Waals surface area contributed by atoms with Gasteiger partial charge in [-0.05, 0) is 0 Å². The van der Waals surface area contributed by atoms with Gasteiger partial charge in [0.05, 0.1) is 0 Å². The van der Waals surface area contributed by atoms with E-state index in [4.69, 9.17) is 30.8 Å². The van der Waals surface area contributed by atoms with Crippen molar-refractivity contribution in [1.82, 2.24) is 0 Å². The van der Waals surface area contributed by atoms with E-state index in [-0.39, 0.29) is 103 Å². The zero-order valence-corrected chi connectivity index (χ0v) is 13.6. The Labute approximate surface area is 151 Å². The molecule has 7 nitrogen and oxygen atoms in total. The summed E-state index contributed by atoms with van der Waals surface area (Å²) in [5, 5.41) is 0. The molecular weight excluding hydrogens is 254 g/mol. The summed E-state index contributed by atoms with van der Waals surface area (Å²) in [6.45, 7) is 0. The van der Waals surface area contributed by atoms with E-state index < -0.39 is 21.8 Å². The Kier molecular flexibility index (Phi) is 28.6. The van der Waals surface area contributed by atoms with Gasteiger partial charge in [0, 0.05) is 0 Å². The van der Waals surface area contributed by atoms with Gasteiger partial charge in [-0.2, -0.15) is 8.42 Å². The van der Waals surface area contributed by atoms with Gasteiger partial charge in [-0.15, -0.1) is 11.4 Å². The molecule has 0 radical (unpaired) electrons. The quantitative estimate of drug-likeness (QED) is 0.249. The van der Waals surface area contributed by atoms with E-state index in [9.17, 15) is 0 Å². The molecule has 11 heavy (non-hydrogen) atoms. The third kappa shape index (κ3) is 161. The first-order chi connectivity index (χ1) is 3.73. The Hall–Kier alpha value is 3.21. The maximum atomic E-state index is 8.74. The van der Waals surface area contributed by atoms with Crippen LogP contribution in [0.2, 0.25) is 0 Å². The molecule has 58 valence electrons. The zero-order chi connectivity index (χ0) is 8.08. The molecule has 0 aromatic rings. The van der Waals surface area contributed by atoms with Crippen LogP contribution in [0, 0.1) is 0 Å². The number of hydrogen-bond donors (Lipinski definition) is 2. The molecule has 0 unspecified atom stereocenters. The van der Waals surface area contributed by atoms with Gasteiger partial charge >= 0.3 is 113 Å². The van der Waals surface area contributed by atoms with Crippen LogP contribution in [0.15, 0.2) is 0 Å². The Morgan fingerprint density at radius 1 is 1.09 bits per heavy atom. The minimum absolute atomic E-state index is 0. The van der Waals surface area contributed by atoms with Crippen LogP contribution >= 0.6 is 0 Å². The summed E-state index contributed by atoms with van der Waals surface area (Å²) in [7, 11) is -4.67. The fourth-order valence-electron chi connectivity index (χ4n) is 0. The fraction of sp³-hybridized carbons (Fsp3) is 0. The minimum Gasteiger partial charge on any atom is -0.784 e. The van der Waals surface area contributed by atoms with Crippen molar-refractivity contribution in [2.24, 2.45) is 0 Å². The summed E-state index contributed by atoms with van der Waals surface area (Å²) in [5.74, 6) is 0. The van der Waals surface area contributed by atoms with Crippen LogP contribution in [0.3, 0.4) is 0 Å². The first kappa shape index (κ1) is 23.8. The van der Waals surface area contributed by atoms with Crippen LogP contribution in [-0.4, -0.2) is 30.8 Å². The average Bonchev–Trinajstić information content (AvgIpc) is 1.19. The van der Waals surface area contributed by atoms with Crippen molar-refractivity contribution in [3.05, 3.63) is 0 Å². The maximum absolute atomic E-state index is 8.74. The van der Waals surface area contributed by atoms with Crippen LogP contribution in [0.4, 0.5) is 0 Å². The molecule has 0 saturated carbocycles. The van der Waals surface area contributed by atoms with Crippen LogP contribution in [0.5, 0.6) is 0 Å². The van der Waals surface area contributed by atoms with Crippen LogP contribution < -0.4 is 103 Å². The average molecular weight is 256 g/mol. The first-order valence-corrected chi connectivity index (χ1v) is 3.60. The molecule has 0 aliphatic carbocycles. The van der Waals surface area contributed by atoms with E-state index in [0.717, 1.165) is 0 Å². The molecule has 0 aliphatic heterocycles. The normalized spacial score (nSPS) is 8.45. The van der Waals surface area contributed by atoms with Crippen molar-refractivity contribution in [2.75, 3.05) is 0 Å². The van der Waals surface area contributed by atoms with E-state index in [1.165, 1.54) is 0 Å². The molecule has 0 atom stereocenters. The van der Waals surface area contributed by atoms with E-state index in [1.54, 1.807) is 0 Å². The summed E-state index contributed by atoms with van der Waals surface area (Å²) >= 11 is -3.11. The predicted molar refractivity (Wildman–Crippen MR) is 23.9 cm³/mol. The molecule has 0 bridgehead atoms. The molecule has 0 aromatic heterocycles. The molecule has 0 aromatic carbocycles. The molecule has 0 amide bonds. The maximum Gasteiger partial charge on any atom is 1.00 e. The second-order valence-corrected chi connectivity index (χ2v) is 1.96. The zero-order valence-electron chi connectivity index (χ0n) is 5.75. The van der Waals surface area contributed by atoms with Gasteiger partial charge in [-0.3, -0.25) is 13.3 Å². The van der Waals surface area contributed by atoms with Crippen molar-refractivity contribution < 1.29 is 134 Å². The fourth-order valence-corrected chi connectivity index (χ4v) is 0. The molecule has 0 rings (SSSR count). The molecule has 11 heteroatoms. The third-order valence-corrected chi connectivity index (χ3v) is 0. The van der Waals surface area contributed by atoms with Gasteiger partial charge in [0.2, 0.25) is 0 Å². The monoisotopic (exact) mass is 256 g/mol. The van der Waals surface area contributed by atoms with E-state index in [1.807, 2.05) is 0 Å². The molecular formula is H2K2O7S2. The Bertz CT molecular complexity index is 157.